The summed E-state index contributed by atoms with van der Waals surface area (Å²) in [6.07, 6.45) is 1.85. The summed E-state index contributed by atoms with van der Waals surface area (Å²) >= 11 is 1.68. The summed E-state index contributed by atoms with van der Waals surface area (Å²) in [6.45, 7) is 3.17. The van der Waals surface area contributed by atoms with E-state index in [2.05, 4.69) is 15.4 Å². The molecule has 1 aromatic carbocycles. The fourth-order valence-corrected chi connectivity index (χ4v) is 3.90. The minimum Gasteiger partial charge on any atom is -0.378 e. The molecule has 0 aliphatic carbocycles. The fraction of sp³-hybridized carbons (Fsp3) is 0.235. The van der Waals surface area contributed by atoms with Gasteiger partial charge in [0.15, 0.2) is 5.82 Å². The van der Waals surface area contributed by atoms with E-state index in [0.717, 1.165) is 53.2 Å². The number of morpholine rings is 1. The maximum Gasteiger partial charge on any atom is 0.253 e. The quantitative estimate of drug-likeness (QED) is 0.563. The van der Waals surface area contributed by atoms with Gasteiger partial charge in [0, 0.05) is 18.5 Å². The molecule has 0 unspecified atom stereocenters. The number of anilines is 1. The highest BCUT2D eigenvalue weighted by molar-refractivity contribution is 7.17. The number of nitrogens with zero attached hydrogens (tertiary/aromatic N) is 5. The number of aromatic nitrogens is 4. The van der Waals surface area contributed by atoms with Gasteiger partial charge in [-0.3, -0.25) is 0 Å². The lowest BCUT2D eigenvalue weighted by Crippen LogP contribution is -2.37. The van der Waals surface area contributed by atoms with E-state index in [4.69, 9.17) is 14.7 Å². The lowest BCUT2D eigenvalue weighted by Gasteiger charge is -2.28. The van der Waals surface area contributed by atoms with Crippen LogP contribution in [-0.2, 0) is 4.74 Å². The smallest absolute Gasteiger partial charge is 0.253 e. The van der Waals surface area contributed by atoms with Crippen LogP contribution in [0.5, 0.6) is 0 Å². The Morgan fingerprint density at radius 3 is 2.83 bits per heavy atom. The molecule has 0 radical (unpaired) electrons. The lowest BCUT2D eigenvalue weighted by molar-refractivity contribution is 0.122. The monoisotopic (exact) mass is 337 g/mol. The number of ether oxygens (including phenoxy) is 1. The van der Waals surface area contributed by atoms with Crippen LogP contribution in [0.4, 0.5) is 5.82 Å². The molecule has 0 saturated carbocycles. The molecule has 0 bridgehead atoms. The summed E-state index contributed by atoms with van der Waals surface area (Å²) in [4.78, 5) is 11.9. The van der Waals surface area contributed by atoms with Gasteiger partial charge in [-0.25, -0.2) is 4.98 Å². The van der Waals surface area contributed by atoms with Gasteiger partial charge >= 0.3 is 0 Å². The van der Waals surface area contributed by atoms with Crippen molar-refractivity contribution in [2.45, 2.75) is 0 Å². The average molecular weight is 337 g/mol. The van der Waals surface area contributed by atoms with Crippen molar-refractivity contribution in [3.8, 4) is 5.95 Å². The van der Waals surface area contributed by atoms with Crippen molar-refractivity contribution in [1.82, 2.24) is 19.7 Å². The molecule has 4 aromatic rings. The zero-order valence-corrected chi connectivity index (χ0v) is 13.7. The molecular formula is C17H15N5OS. The second kappa shape index (κ2) is 5.54. The summed E-state index contributed by atoms with van der Waals surface area (Å²) in [7, 11) is 0. The first kappa shape index (κ1) is 13.9. The summed E-state index contributed by atoms with van der Waals surface area (Å²) < 4.78 is 8.41. The number of benzene rings is 1. The number of hydrogen-bond donors (Lipinski definition) is 0. The van der Waals surface area contributed by atoms with Gasteiger partial charge in [0.25, 0.3) is 5.95 Å². The molecule has 24 heavy (non-hydrogen) atoms. The summed E-state index contributed by atoms with van der Waals surface area (Å²) in [5, 5.41) is 7.64. The largest absolute Gasteiger partial charge is 0.378 e. The van der Waals surface area contributed by atoms with Crippen LogP contribution in [0.25, 0.3) is 27.1 Å². The second-order valence-corrected chi connectivity index (χ2v) is 6.61. The third-order valence-corrected chi connectivity index (χ3v) is 5.15. The average Bonchev–Trinajstić information content (AvgIpc) is 3.28. The maximum absolute atomic E-state index is 5.48. The molecule has 1 saturated heterocycles. The minimum absolute atomic E-state index is 0.614. The van der Waals surface area contributed by atoms with Gasteiger partial charge in [0.05, 0.1) is 35.1 Å². The number of hydrogen-bond acceptors (Lipinski definition) is 6. The van der Waals surface area contributed by atoms with Crippen LogP contribution in [0.15, 0.2) is 41.9 Å². The normalized spacial score (nSPS) is 15.4. The molecule has 1 aliphatic rings. The standard InChI is InChI=1S/C17H15N5OS/c1-2-4-14-12(3-1)11-18-22(14)17-19-13-5-10-24-15(13)16(20-17)21-6-8-23-9-7-21/h1-5,10-11H,6-9H2. The number of fused-ring (bicyclic) bond motifs is 2. The van der Waals surface area contributed by atoms with E-state index < -0.39 is 0 Å². The minimum atomic E-state index is 0.614. The number of thiophene rings is 1. The van der Waals surface area contributed by atoms with Gasteiger partial charge in [-0.2, -0.15) is 14.8 Å². The van der Waals surface area contributed by atoms with E-state index in [9.17, 15) is 0 Å². The SMILES string of the molecule is c1ccc2c(c1)cnn2-c1nc(N2CCOCC2)c2sccc2n1. The molecule has 0 atom stereocenters. The van der Waals surface area contributed by atoms with Crippen LogP contribution < -0.4 is 4.90 Å². The van der Waals surface area contributed by atoms with Crippen LogP contribution in [0.2, 0.25) is 0 Å². The van der Waals surface area contributed by atoms with Crippen molar-refractivity contribution >= 4 is 38.3 Å². The molecule has 6 nitrogen and oxygen atoms in total. The van der Waals surface area contributed by atoms with Crippen molar-refractivity contribution in [2.24, 2.45) is 0 Å². The van der Waals surface area contributed by atoms with E-state index in [1.165, 1.54) is 0 Å². The third-order valence-electron chi connectivity index (χ3n) is 4.25. The summed E-state index contributed by atoms with van der Waals surface area (Å²) in [5.41, 5.74) is 1.98. The molecule has 5 rings (SSSR count). The highest BCUT2D eigenvalue weighted by atomic mass is 32.1. The fourth-order valence-electron chi connectivity index (χ4n) is 3.05. The van der Waals surface area contributed by atoms with Gasteiger partial charge in [-0.1, -0.05) is 18.2 Å². The molecule has 1 aliphatic heterocycles. The number of rotatable bonds is 2. The van der Waals surface area contributed by atoms with E-state index in [0.29, 0.717) is 5.95 Å². The summed E-state index contributed by atoms with van der Waals surface area (Å²) in [6, 6.07) is 10.1. The Hall–Kier alpha value is -2.51. The predicted molar refractivity (Wildman–Crippen MR) is 95.1 cm³/mol. The third kappa shape index (κ3) is 2.16. The zero-order chi connectivity index (χ0) is 15.9. The molecular weight excluding hydrogens is 322 g/mol. The first-order chi connectivity index (χ1) is 11.9. The van der Waals surface area contributed by atoms with Crippen molar-refractivity contribution < 1.29 is 4.74 Å². The Bertz CT molecular complexity index is 1020. The first-order valence-electron chi connectivity index (χ1n) is 7.91. The zero-order valence-electron chi connectivity index (χ0n) is 12.9. The second-order valence-electron chi connectivity index (χ2n) is 5.70. The highest BCUT2D eigenvalue weighted by Crippen LogP contribution is 2.30. The van der Waals surface area contributed by atoms with E-state index in [1.807, 2.05) is 41.2 Å². The van der Waals surface area contributed by atoms with Gasteiger partial charge in [0.2, 0.25) is 0 Å². The molecule has 4 heterocycles. The van der Waals surface area contributed by atoms with Crippen molar-refractivity contribution in [1.29, 1.82) is 0 Å². The lowest BCUT2D eigenvalue weighted by atomic mass is 10.3. The highest BCUT2D eigenvalue weighted by Gasteiger charge is 2.19. The maximum atomic E-state index is 5.48. The van der Waals surface area contributed by atoms with Gasteiger partial charge < -0.3 is 9.64 Å². The van der Waals surface area contributed by atoms with Crippen LogP contribution in [-0.4, -0.2) is 46.1 Å². The molecule has 120 valence electrons. The van der Waals surface area contributed by atoms with Crippen molar-refractivity contribution in [3.63, 3.8) is 0 Å². The molecule has 7 heteroatoms. The topological polar surface area (TPSA) is 56.1 Å². The Kier molecular flexibility index (Phi) is 3.20. The Morgan fingerprint density at radius 2 is 1.92 bits per heavy atom. The van der Waals surface area contributed by atoms with Crippen LogP contribution >= 0.6 is 11.3 Å². The first-order valence-corrected chi connectivity index (χ1v) is 8.79. The van der Waals surface area contributed by atoms with Gasteiger partial charge in [-0.05, 0) is 17.5 Å². The van der Waals surface area contributed by atoms with Gasteiger partial charge in [-0.15, -0.1) is 11.3 Å². The molecule has 3 aromatic heterocycles. The van der Waals surface area contributed by atoms with E-state index >= 15 is 0 Å². The Morgan fingerprint density at radius 1 is 1.04 bits per heavy atom. The van der Waals surface area contributed by atoms with Crippen LogP contribution in [0, 0.1) is 0 Å². The Labute approximate surface area is 142 Å². The predicted octanol–water partition coefficient (Wildman–Crippen LogP) is 2.87. The van der Waals surface area contributed by atoms with Crippen LogP contribution in [0.3, 0.4) is 0 Å². The van der Waals surface area contributed by atoms with Crippen molar-refractivity contribution in [2.75, 3.05) is 31.2 Å². The molecule has 0 spiro atoms. The molecule has 0 amide bonds. The van der Waals surface area contributed by atoms with Gasteiger partial charge in [0.1, 0.15) is 0 Å². The number of para-hydroxylation sites is 1. The van der Waals surface area contributed by atoms with Crippen LogP contribution in [0.1, 0.15) is 0 Å². The van der Waals surface area contributed by atoms with E-state index in [-0.39, 0.29) is 0 Å². The van der Waals surface area contributed by atoms with E-state index in [1.54, 1.807) is 11.3 Å². The Balaban J connectivity index is 1.71. The summed E-state index contributed by atoms with van der Waals surface area (Å²) in [5.74, 6) is 1.59. The van der Waals surface area contributed by atoms with Crippen molar-refractivity contribution in [3.05, 3.63) is 41.9 Å². The molecule has 1 fully saturated rings. The molecule has 0 N–H and O–H groups in total.